The summed E-state index contributed by atoms with van der Waals surface area (Å²) >= 11 is 0. The topological polar surface area (TPSA) is 41.6 Å². The lowest BCUT2D eigenvalue weighted by Crippen LogP contribution is -2.51. The molecule has 1 fully saturated rings. The van der Waals surface area contributed by atoms with E-state index in [1.54, 1.807) is 4.90 Å². The molecule has 16 heavy (non-hydrogen) atoms. The first kappa shape index (κ1) is 9.66. The minimum Gasteiger partial charge on any atom is -0.443 e. The molecule has 0 atom stereocenters. The van der Waals surface area contributed by atoms with Crippen molar-refractivity contribution >= 4 is 11.8 Å². The molecule has 84 valence electrons. The van der Waals surface area contributed by atoms with Crippen LogP contribution in [0, 0.1) is 0 Å². The van der Waals surface area contributed by atoms with Gasteiger partial charge in [-0.05, 0) is 18.1 Å². The molecule has 0 aromatic heterocycles. The number of anilines is 1. The Balaban J connectivity index is 1.73. The predicted molar refractivity (Wildman–Crippen MR) is 60.6 cm³/mol. The van der Waals surface area contributed by atoms with Crippen LogP contribution >= 0.6 is 0 Å². The summed E-state index contributed by atoms with van der Waals surface area (Å²) < 4.78 is 5.35. The zero-order valence-corrected chi connectivity index (χ0v) is 8.98. The van der Waals surface area contributed by atoms with Gasteiger partial charge in [0.15, 0.2) is 0 Å². The summed E-state index contributed by atoms with van der Waals surface area (Å²) in [6, 6.07) is 8.00. The minimum absolute atomic E-state index is 0.0558. The van der Waals surface area contributed by atoms with Crippen LogP contribution in [-0.2, 0) is 11.2 Å². The van der Waals surface area contributed by atoms with E-state index in [9.17, 15) is 4.79 Å². The average Bonchev–Trinajstić information content (AvgIpc) is 2.67. The summed E-state index contributed by atoms with van der Waals surface area (Å²) in [7, 11) is 0. The number of benzene rings is 1. The highest BCUT2D eigenvalue weighted by Gasteiger charge is 2.29. The summed E-state index contributed by atoms with van der Waals surface area (Å²) in [6.45, 7) is 2.29. The third-order valence-electron chi connectivity index (χ3n) is 3.12. The van der Waals surface area contributed by atoms with Gasteiger partial charge in [0.2, 0.25) is 0 Å². The number of para-hydroxylation sites is 1. The molecule has 0 unspecified atom stereocenters. The van der Waals surface area contributed by atoms with Crippen molar-refractivity contribution in [2.45, 2.75) is 12.5 Å². The fourth-order valence-corrected chi connectivity index (χ4v) is 2.08. The monoisotopic (exact) mass is 218 g/mol. The van der Waals surface area contributed by atoms with E-state index in [4.69, 9.17) is 4.74 Å². The molecule has 1 amide bonds. The van der Waals surface area contributed by atoms with Crippen molar-refractivity contribution in [3.8, 4) is 0 Å². The molecule has 1 saturated heterocycles. The molecule has 1 N–H and O–H groups in total. The Morgan fingerprint density at radius 3 is 2.94 bits per heavy atom. The zero-order chi connectivity index (χ0) is 11.0. The van der Waals surface area contributed by atoms with Crippen LogP contribution in [0.4, 0.5) is 10.5 Å². The summed E-state index contributed by atoms with van der Waals surface area (Å²) in [5.74, 6) is 0. The predicted octanol–water partition coefficient (Wildman–Crippen LogP) is 1.16. The van der Waals surface area contributed by atoms with Crippen LogP contribution in [0.2, 0.25) is 0 Å². The van der Waals surface area contributed by atoms with Crippen LogP contribution in [0.15, 0.2) is 24.3 Å². The third-order valence-corrected chi connectivity index (χ3v) is 3.12. The molecule has 4 nitrogen and oxygen atoms in total. The molecule has 2 aliphatic rings. The Morgan fingerprint density at radius 1 is 1.38 bits per heavy atom. The summed E-state index contributed by atoms with van der Waals surface area (Å²) in [6.07, 6.45) is 0.769. The molecule has 4 heteroatoms. The number of ether oxygens (including phenoxy) is 1. The SMILES string of the molecule is O=C(OC1CNC1)N1CCc2ccccc21. The van der Waals surface area contributed by atoms with Crippen molar-refractivity contribution in [1.82, 2.24) is 5.32 Å². The molecule has 3 rings (SSSR count). The minimum atomic E-state index is -0.212. The van der Waals surface area contributed by atoms with Gasteiger partial charge >= 0.3 is 6.09 Å². The van der Waals surface area contributed by atoms with Crippen LogP contribution < -0.4 is 10.2 Å². The highest BCUT2D eigenvalue weighted by Crippen LogP contribution is 2.28. The molecule has 2 heterocycles. The van der Waals surface area contributed by atoms with E-state index in [0.717, 1.165) is 31.7 Å². The van der Waals surface area contributed by atoms with Crippen molar-refractivity contribution < 1.29 is 9.53 Å². The van der Waals surface area contributed by atoms with Crippen LogP contribution in [0.1, 0.15) is 5.56 Å². The van der Waals surface area contributed by atoms with E-state index >= 15 is 0 Å². The average molecular weight is 218 g/mol. The van der Waals surface area contributed by atoms with Crippen molar-refractivity contribution in [2.24, 2.45) is 0 Å². The lowest BCUT2D eigenvalue weighted by molar-refractivity contribution is 0.0727. The molecule has 0 radical (unpaired) electrons. The molecule has 0 spiro atoms. The standard InChI is InChI=1S/C12H14N2O2/c15-12(16-10-7-13-8-10)14-6-5-9-3-1-2-4-11(9)14/h1-4,10,13H,5-8H2. The number of fused-ring (bicyclic) bond motifs is 1. The maximum absolute atomic E-state index is 11.9. The Bertz CT molecular complexity index is 415. The number of hydrogen-bond acceptors (Lipinski definition) is 3. The van der Waals surface area contributed by atoms with Gasteiger partial charge in [0.25, 0.3) is 0 Å². The van der Waals surface area contributed by atoms with Gasteiger partial charge in [0.05, 0.1) is 5.69 Å². The lowest BCUT2D eigenvalue weighted by atomic mass is 10.2. The van der Waals surface area contributed by atoms with Gasteiger partial charge < -0.3 is 10.1 Å². The first-order valence-electron chi connectivity index (χ1n) is 5.61. The van der Waals surface area contributed by atoms with E-state index in [1.165, 1.54) is 5.56 Å². The molecule has 1 aromatic rings. The molecular formula is C12H14N2O2. The number of nitrogens with one attached hydrogen (secondary N) is 1. The van der Waals surface area contributed by atoms with Crippen LogP contribution in [0.25, 0.3) is 0 Å². The molecule has 1 aromatic carbocycles. The number of rotatable bonds is 1. The van der Waals surface area contributed by atoms with Crippen molar-refractivity contribution in [3.63, 3.8) is 0 Å². The smallest absolute Gasteiger partial charge is 0.414 e. The van der Waals surface area contributed by atoms with Crippen molar-refractivity contribution in [2.75, 3.05) is 24.5 Å². The van der Waals surface area contributed by atoms with Gasteiger partial charge in [-0.2, -0.15) is 0 Å². The second-order valence-electron chi connectivity index (χ2n) is 4.19. The molecule has 0 saturated carbocycles. The van der Waals surface area contributed by atoms with Gasteiger partial charge in [-0.25, -0.2) is 4.79 Å². The van der Waals surface area contributed by atoms with Crippen molar-refractivity contribution in [1.29, 1.82) is 0 Å². The maximum Gasteiger partial charge on any atom is 0.414 e. The Hall–Kier alpha value is -1.55. The van der Waals surface area contributed by atoms with Gasteiger partial charge in [0.1, 0.15) is 6.10 Å². The normalized spacial score (nSPS) is 19.1. The second-order valence-corrected chi connectivity index (χ2v) is 4.19. The van der Waals surface area contributed by atoms with Crippen molar-refractivity contribution in [3.05, 3.63) is 29.8 Å². The summed E-state index contributed by atoms with van der Waals surface area (Å²) in [5, 5.41) is 3.08. The number of carbonyl (C=O) groups is 1. The van der Waals surface area contributed by atoms with E-state index in [-0.39, 0.29) is 12.2 Å². The number of carbonyl (C=O) groups excluding carboxylic acids is 1. The van der Waals surface area contributed by atoms with Crippen LogP contribution in [0.3, 0.4) is 0 Å². The third kappa shape index (κ3) is 1.55. The van der Waals surface area contributed by atoms with Gasteiger partial charge in [-0.15, -0.1) is 0 Å². The largest absolute Gasteiger partial charge is 0.443 e. The zero-order valence-electron chi connectivity index (χ0n) is 8.98. The Kier molecular flexibility index (Phi) is 2.29. The number of nitrogens with zero attached hydrogens (tertiary/aromatic N) is 1. The van der Waals surface area contributed by atoms with Gasteiger partial charge in [0, 0.05) is 19.6 Å². The molecule has 2 aliphatic heterocycles. The quantitative estimate of drug-likeness (QED) is 0.769. The highest BCUT2D eigenvalue weighted by molar-refractivity contribution is 5.90. The lowest BCUT2D eigenvalue weighted by Gasteiger charge is -2.29. The molecule has 0 aliphatic carbocycles. The van der Waals surface area contributed by atoms with E-state index in [2.05, 4.69) is 11.4 Å². The van der Waals surface area contributed by atoms with E-state index in [0.29, 0.717) is 0 Å². The van der Waals surface area contributed by atoms with Gasteiger partial charge in [-0.3, -0.25) is 4.90 Å². The highest BCUT2D eigenvalue weighted by atomic mass is 16.6. The first-order valence-corrected chi connectivity index (χ1v) is 5.61. The number of amides is 1. The van der Waals surface area contributed by atoms with Gasteiger partial charge in [-0.1, -0.05) is 18.2 Å². The fraction of sp³-hybridized carbons (Fsp3) is 0.417. The fourth-order valence-electron chi connectivity index (χ4n) is 2.08. The Labute approximate surface area is 94.2 Å². The second kappa shape index (κ2) is 3.79. The first-order chi connectivity index (χ1) is 7.84. The summed E-state index contributed by atoms with van der Waals surface area (Å²) in [4.78, 5) is 13.6. The van der Waals surface area contributed by atoms with E-state index in [1.807, 2.05) is 18.2 Å². The Morgan fingerprint density at radius 2 is 2.19 bits per heavy atom. The maximum atomic E-state index is 11.9. The van der Waals surface area contributed by atoms with Crippen LogP contribution in [-0.4, -0.2) is 31.8 Å². The van der Waals surface area contributed by atoms with E-state index < -0.39 is 0 Å². The summed E-state index contributed by atoms with van der Waals surface area (Å²) in [5.41, 5.74) is 2.23. The molecule has 0 bridgehead atoms. The molecular weight excluding hydrogens is 204 g/mol. The number of hydrogen-bond donors (Lipinski definition) is 1. The van der Waals surface area contributed by atoms with Crippen LogP contribution in [0.5, 0.6) is 0 Å².